The summed E-state index contributed by atoms with van der Waals surface area (Å²) in [5.74, 6) is 0.787. The van der Waals surface area contributed by atoms with Gasteiger partial charge in [0.1, 0.15) is 0 Å². The number of hydrogen-bond donors (Lipinski definition) is 0. The fourth-order valence-corrected chi connectivity index (χ4v) is 4.41. The molecule has 0 aliphatic carbocycles. The number of fused-ring (bicyclic) bond motifs is 3. The van der Waals surface area contributed by atoms with Crippen LogP contribution in [-0.4, -0.2) is 31.4 Å². The van der Waals surface area contributed by atoms with Crippen LogP contribution in [0.25, 0.3) is 11.4 Å². The van der Waals surface area contributed by atoms with E-state index in [-0.39, 0.29) is 0 Å². The lowest BCUT2D eigenvalue weighted by molar-refractivity contribution is 0.0950. The van der Waals surface area contributed by atoms with Crippen molar-refractivity contribution in [1.82, 2.24) is 19.3 Å². The van der Waals surface area contributed by atoms with Gasteiger partial charge in [-0.15, -0.1) is 0 Å². The van der Waals surface area contributed by atoms with Crippen LogP contribution in [0.15, 0.2) is 61.1 Å². The Morgan fingerprint density at radius 1 is 1.04 bits per heavy atom. The molecule has 0 amide bonds. The Labute approximate surface area is 147 Å². The van der Waals surface area contributed by atoms with Crippen LogP contribution in [0.5, 0.6) is 0 Å². The van der Waals surface area contributed by atoms with Gasteiger partial charge in [-0.3, -0.25) is 9.30 Å². The SMILES string of the molecule is C1=C(c2cnc3ncccn23)CC2CCCC1N2Cc1ccccc1. The van der Waals surface area contributed by atoms with Crippen molar-refractivity contribution in [1.29, 1.82) is 0 Å². The maximum absolute atomic E-state index is 4.47. The number of rotatable bonds is 3. The molecule has 3 aromatic rings. The molecule has 2 aromatic heterocycles. The number of benzene rings is 1. The second-order valence-corrected chi connectivity index (χ2v) is 7.14. The van der Waals surface area contributed by atoms with Crippen molar-refractivity contribution >= 4 is 11.4 Å². The first kappa shape index (κ1) is 14.8. The molecule has 2 unspecified atom stereocenters. The summed E-state index contributed by atoms with van der Waals surface area (Å²) in [6.45, 7) is 1.05. The minimum atomic E-state index is 0.532. The van der Waals surface area contributed by atoms with Gasteiger partial charge in [-0.2, -0.15) is 0 Å². The lowest BCUT2D eigenvalue weighted by atomic mass is 9.84. The Hall–Kier alpha value is -2.46. The van der Waals surface area contributed by atoms with Gasteiger partial charge in [0.2, 0.25) is 5.78 Å². The molecule has 126 valence electrons. The molecule has 1 fully saturated rings. The molecule has 0 radical (unpaired) electrons. The number of piperidine rings is 1. The monoisotopic (exact) mass is 330 g/mol. The van der Waals surface area contributed by atoms with Crippen LogP contribution in [-0.2, 0) is 6.54 Å². The van der Waals surface area contributed by atoms with Crippen molar-refractivity contribution in [3.05, 3.63) is 72.3 Å². The van der Waals surface area contributed by atoms with Crippen LogP contribution in [0.2, 0.25) is 0 Å². The molecule has 2 aliphatic rings. The van der Waals surface area contributed by atoms with Crippen LogP contribution in [0.1, 0.15) is 36.9 Å². The van der Waals surface area contributed by atoms with E-state index in [4.69, 9.17) is 0 Å². The van der Waals surface area contributed by atoms with Gasteiger partial charge in [-0.1, -0.05) is 42.8 Å². The first-order valence-corrected chi connectivity index (χ1v) is 9.17. The first-order valence-electron chi connectivity index (χ1n) is 9.17. The molecule has 2 atom stereocenters. The Morgan fingerprint density at radius 2 is 1.96 bits per heavy atom. The predicted molar refractivity (Wildman–Crippen MR) is 99.0 cm³/mol. The number of aromatic nitrogens is 3. The van der Waals surface area contributed by atoms with Crippen LogP contribution in [0, 0.1) is 0 Å². The zero-order valence-corrected chi connectivity index (χ0v) is 14.3. The Kier molecular flexibility index (Phi) is 3.63. The zero-order chi connectivity index (χ0) is 16.6. The minimum absolute atomic E-state index is 0.532. The van der Waals surface area contributed by atoms with Gasteiger partial charge in [0.15, 0.2) is 0 Å². The van der Waals surface area contributed by atoms with Crippen LogP contribution < -0.4 is 0 Å². The van der Waals surface area contributed by atoms with Crippen molar-refractivity contribution in [2.45, 2.75) is 44.3 Å². The van der Waals surface area contributed by atoms with Gasteiger partial charge >= 0.3 is 0 Å². The minimum Gasteiger partial charge on any atom is -0.289 e. The highest BCUT2D eigenvalue weighted by Gasteiger charge is 2.34. The van der Waals surface area contributed by atoms with E-state index in [1.807, 2.05) is 12.3 Å². The number of hydrogen-bond acceptors (Lipinski definition) is 3. The van der Waals surface area contributed by atoms with E-state index in [2.05, 4.69) is 61.9 Å². The molecule has 1 saturated heterocycles. The fraction of sp³-hybridized carbons (Fsp3) is 0.333. The summed E-state index contributed by atoms with van der Waals surface area (Å²) in [6, 6.07) is 14.0. The normalized spacial score (nSPS) is 23.6. The highest BCUT2D eigenvalue weighted by atomic mass is 15.2. The predicted octanol–water partition coefficient (Wildman–Crippen LogP) is 3.94. The van der Waals surface area contributed by atoms with Crippen LogP contribution in [0.3, 0.4) is 0 Å². The van der Waals surface area contributed by atoms with Gasteiger partial charge in [0, 0.05) is 31.0 Å². The molecular weight excluding hydrogens is 308 g/mol. The average Bonchev–Trinajstić information content (AvgIpc) is 3.06. The highest BCUT2D eigenvalue weighted by Crippen LogP contribution is 2.37. The largest absolute Gasteiger partial charge is 0.289 e. The molecule has 0 saturated carbocycles. The van der Waals surface area contributed by atoms with Crippen molar-refractivity contribution in [2.75, 3.05) is 0 Å². The van der Waals surface area contributed by atoms with Gasteiger partial charge in [0.05, 0.1) is 11.9 Å². The lowest BCUT2D eigenvalue weighted by Gasteiger charge is -2.45. The summed E-state index contributed by atoms with van der Waals surface area (Å²) in [7, 11) is 0. The van der Waals surface area contributed by atoms with E-state index in [1.165, 1.54) is 36.1 Å². The van der Waals surface area contributed by atoms with E-state index in [1.54, 1.807) is 6.20 Å². The molecule has 0 spiro atoms. The Bertz CT molecular complexity index is 912. The summed E-state index contributed by atoms with van der Waals surface area (Å²) in [5.41, 5.74) is 4.05. The summed E-state index contributed by atoms with van der Waals surface area (Å²) in [4.78, 5) is 11.5. The summed E-state index contributed by atoms with van der Waals surface area (Å²) in [5, 5.41) is 0. The molecule has 4 nitrogen and oxygen atoms in total. The highest BCUT2D eigenvalue weighted by molar-refractivity contribution is 5.67. The van der Waals surface area contributed by atoms with Gasteiger partial charge in [0.25, 0.3) is 0 Å². The maximum atomic E-state index is 4.47. The van der Waals surface area contributed by atoms with Crippen molar-refractivity contribution in [3.8, 4) is 0 Å². The van der Waals surface area contributed by atoms with E-state index < -0.39 is 0 Å². The second-order valence-electron chi connectivity index (χ2n) is 7.14. The lowest BCUT2D eigenvalue weighted by Crippen LogP contribution is -2.47. The van der Waals surface area contributed by atoms with E-state index in [0.29, 0.717) is 12.1 Å². The van der Waals surface area contributed by atoms with Crippen molar-refractivity contribution < 1.29 is 0 Å². The topological polar surface area (TPSA) is 33.4 Å². The molecule has 25 heavy (non-hydrogen) atoms. The third kappa shape index (κ3) is 2.67. The summed E-state index contributed by atoms with van der Waals surface area (Å²) in [6.07, 6.45) is 13.3. The quantitative estimate of drug-likeness (QED) is 0.729. The maximum Gasteiger partial charge on any atom is 0.234 e. The molecule has 5 rings (SSSR count). The van der Waals surface area contributed by atoms with Crippen LogP contribution >= 0.6 is 0 Å². The van der Waals surface area contributed by atoms with E-state index >= 15 is 0 Å². The molecule has 2 bridgehead atoms. The smallest absolute Gasteiger partial charge is 0.234 e. The van der Waals surface area contributed by atoms with Crippen molar-refractivity contribution in [3.63, 3.8) is 0 Å². The van der Waals surface area contributed by atoms with Gasteiger partial charge in [-0.05, 0) is 36.5 Å². The van der Waals surface area contributed by atoms with Crippen LogP contribution in [0.4, 0.5) is 0 Å². The zero-order valence-electron chi connectivity index (χ0n) is 14.3. The number of imidazole rings is 1. The molecule has 1 aromatic carbocycles. The standard InChI is InChI=1S/C21H22N4/c1-2-6-16(7-3-1)15-25-18-8-4-9-19(25)13-17(12-18)20-14-23-21-22-10-5-11-24(20)21/h1-3,5-7,10-12,14,18-19H,4,8-9,13,15H2. The van der Waals surface area contributed by atoms with E-state index in [0.717, 1.165) is 18.7 Å². The Morgan fingerprint density at radius 3 is 2.84 bits per heavy atom. The van der Waals surface area contributed by atoms with Gasteiger partial charge in [-0.25, -0.2) is 9.97 Å². The second kappa shape index (κ2) is 6.12. The molecule has 4 heterocycles. The van der Waals surface area contributed by atoms with Crippen molar-refractivity contribution in [2.24, 2.45) is 0 Å². The Balaban J connectivity index is 1.48. The number of nitrogens with zero attached hydrogens (tertiary/aromatic N) is 4. The third-order valence-electron chi connectivity index (χ3n) is 5.61. The average molecular weight is 330 g/mol. The first-order chi connectivity index (χ1) is 12.4. The summed E-state index contributed by atoms with van der Waals surface area (Å²) < 4.78 is 2.12. The molecular formula is C21H22N4. The molecule has 4 heteroatoms. The summed E-state index contributed by atoms with van der Waals surface area (Å²) >= 11 is 0. The fourth-order valence-electron chi connectivity index (χ4n) is 4.41. The van der Waals surface area contributed by atoms with E-state index in [9.17, 15) is 0 Å². The molecule has 0 N–H and O–H groups in total. The van der Waals surface area contributed by atoms with Gasteiger partial charge < -0.3 is 0 Å². The third-order valence-corrected chi connectivity index (χ3v) is 5.61. The molecule has 2 aliphatic heterocycles.